The Balaban J connectivity index is 1.79. The summed E-state index contributed by atoms with van der Waals surface area (Å²) in [6.45, 7) is 5.95. The van der Waals surface area contributed by atoms with Gasteiger partial charge in [0.15, 0.2) is 0 Å². The SMILES string of the molecule is [2H]/C(=C(/[2H])n1c2c(c3cc(C)ccc31)CN(C(=O)OC(C)(C)C)CC2)c1ccc(C([2H])([2H])[2H])nc1. The molecule has 0 atom stereocenters. The number of amides is 1. The van der Waals surface area contributed by atoms with Gasteiger partial charge in [0.2, 0.25) is 0 Å². The zero-order valence-electron chi connectivity index (χ0n) is 22.7. The first kappa shape index (κ1) is 14.8. The normalized spacial score (nSPS) is 17.9. The van der Waals surface area contributed by atoms with E-state index in [2.05, 4.69) is 4.98 Å². The van der Waals surface area contributed by atoms with Crippen LogP contribution >= 0.6 is 0 Å². The third-order valence-electron chi connectivity index (χ3n) is 5.03. The molecule has 0 aliphatic carbocycles. The Morgan fingerprint density at radius 3 is 2.83 bits per heavy atom. The number of aromatic nitrogens is 2. The van der Waals surface area contributed by atoms with Crippen LogP contribution in [0.4, 0.5) is 4.79 Å². The average molecular weight is 409 g/mol. The predicted octanol–water partition coefficient (Wildman–Crippen LogP) is 5.57. The largest absolute Gasteiger partial charge is 0.444 e. The van der Waals surface area contributed by atoms with Gasteiger partial charge in [-0.2, -0.15) is 0 Å². The molecular formula is C25H29N3O2. The molecule has 0 bridgehead atoms. The van der Waals surface area contributed by atoms with Crippen molar-refractivity contribution in [1.82, 2.24) is 14.5 Å². The van der Waals surface area contributed by atoms with Gasteiger partial charge in [-0.3, -0.25) is 4.98 Å². The number of aryl methyl sites for hydroxylation is 2. The van der Waals surface area contributed by atoms with E-state index in [1.165, 1.54) is 18.3 Å². The maximum Gasteiger partial charge on any atom is 0.410 e. The van der Waals surface area contributed by atoms with Gasteiger partial charge in [0.1, 0.15) is 5.60 Å². The molecule has 0 N–H and O–H groups in total. The van der Waals surface area contributed by atoms with E-state index in [1.54, 1.807) is 9.47 Å². The Labute approximate surface area is 185 Å². The number of rotatable bonds is 2. The van der Waals surface area contributed by atoms with E-state index in [4.69, 9.17) is 11.6 Å². The summed E-state index contributed by atoms with van der Waals surface area (Å²) >= 11 is 0. The fraction of sp³-hybridized carbons (Fsp3) is 0.360. The van der Waals surface area contributed by atoms with Gasteiger partial charge in [0.05, 0.1) is 14.8 Å². The lowest BCUT2D eigenvalue weighted by Crippen LogP contribution is -2.40. The fourth-order valence-corrected chi connectivity index (χ4v) is 3.67. The molecule has 5 nitrogen and oxygen atoms in total. The van der Waals surface area contributed by atoms with E-state index in [-0.39, 0.29) is 24.0 Å². The van der Waals surface area contributed by atoms with Crippen LogP contribution in [0.5, 0.6) is 0 Å². The van der Waals surface area contributed by atoms with Crippen molar-refractivity contribution in [2.45, 2.75) is 53.1 Å². The summed E-state index contributed by atoms with van der Waals surface area (Å²) in [6, 6.07) is 8.74. The number of pyridine rings is 1. The third kappa shape index (κ3) is 4.11. The molecule has 3 aromatic rings. The molecular weight excluding hydrogens is 374 g/mol. The van der Waals surface area contributed by atoms with Gasteiger partial charge >= 0.3 is 6.09 Å². The summed E-state index contributed by atoms with van der Waals surface area (Å²) in [7, 11) is 0. The summed E-state index contributed by atoms with van der Waals surface area (Å²) in [5.41, 5.74) is 3.37. The van der Waals surface area contributed by atoms with E-state index in [0.717, 1.165) is 27.7 Å². The summed E-state index contributed by atoms with van der Waals surface area (Å²) in [6.07, 6.45) is 1.42. The van der Waals surface area contributed by atoms with Gasteiger partial charge in [-0.05, 0) is 64.4 Å². The van der Waals surface area contributed by atoms with Crippen LogP contribution < -0.4 is 0 Å². The van der Waals surface area contributed by atoms with Crippen LogP contribution in [0.1, 0.15) is 55.7 Å². The fourth-order valence-electron chi connectivity index (χ4n) is 3.67. The van der Waals surface area contributed by atoms with Crippen LogP contribution in [-0.2, 0) is 17.7 Å². The monoisotopic (exact) mass is 408 g/mol. The topological polar surface area (TPSA) is 47.4 Å². The van der Waals surface area contributed by atoms with E-state index >= 15 is 0 Å². The Kier molecular flexibility index (Phi) is 3.77. The van der Waals surface area contributed by atoms with Crippen LogP contribution in [0, 0.1) is 13.8 Å². The van der Waals surface area contributed by atoms with Gasteiger partial charge < -0.3 is 14.2 Å². The minimum atomic E-state index is -2.33. The van der Waals surface area contributed by atoms with Crippen LogP contribution in [-0.4, -0.2) is 32.7 Å². The Morgan fingerprint density at radius 2 is 2.13 bits per heavy atom. The molecule has 0 saturated carbocycles. The number of benzene rings is 1. The highest BCUT2D eigenvalue weighted by Gasteiger charge is 2.29. The van der Waals surface area contributed by atoms with Gasteiger partial charge in [-0.25, -0.2) is 4.79 Å². The molecule has 5 heteroatoms. The van der Waals surface area contributed by atoms with Crippen LogP contribution in [0.25, 0.3) is 23.1 Å². The smallest absolute Gasteiger partial charge is 0.410 e. The third-order valence-corrected chi connectivity index (χ3v) is 5.03. The summed E-state index contributed by atoms with van der Waals surface area (Å²) < 4.78 is 47.4. The molecule has 0 fully saturated rings. The van der Waals surface area contributed by atoms with E-state index in [0.29, 0.717) is 25.1 Å². The van der Waals surface area contributed by atoms with Gasteiger partial charge in [0.25, 0.3) is 0 Å². The average Bonchev–Trinajstić information content (AvgIpc) is 3.09. The first-order chi connectivity index (χ1) is 16.3. The molecule has 1 aromatic carbocycles. The van der Waals surface area contributed by atoms with Crippen molar-refractivity contribution >= 4 is 29.2 Å². The number of ether oxygens (including phenoxy) is 1. The van der Waals surface area contributed by atoms with Crippen LogP contribution in [0.15, 0.2) is 36.5 Å². The Bertz CT molecular complexity index is 1320. The minimum absolute atomic E-state index is 0.0331. The van der Waals surface area contributed by atoms with E-state index in [9.17, 15) is 4.79 Å². The zero-order chi connectivity index (χ0) is 25.7. The molecule has 0 spiro atoms. The van der Waals surface area contributed by atoms with Crippen LogP contribution in [0.3, 0.4) is 0 Å². The number of hydrogen-bond donors (Lipinski definition) is 0. The van der Waals surface area contributed by atoms with Gasteiger partial charge in [0, 0.05) is 51.8 Å². The summed E-state index contributed by atoms with van der Waals surface area (Å²) in [5, 5.41) is 0.932. The predicted molar refractivity (Wildman–Crippen MR) is 121 cm³/mol. The molecule has 1 aliphatic rings. The van der Waals surface area contributed by atoms with Crippen LogP contribution in [0.2, 0.25) is 0 Å². The second-order valence-electron chi connectivity index (χ2n) is 8.60. The van der Waals surface area contributed by atoms with Crippen molar-refractivity contribution in [2.24, 2.45) is 0 Å². The molecule has 0 unspecified atom stereocenters. The van der Waals surface area contributed by atoms with Crippen molar-refractivity contribution in [3.63, 3.8) is 0 Å². The Hall–Kier alpha value is -3.08. The summed E-state index contributed by atoms with van der Waals surface area (Å²) in [4.78, 5) is 18.4. The molecule has 4 rings (SSSR count). The van der Waals surface area contributed by atoms with Crippen molar-refractivity contribution < 1.29 is 16.4 Å². The van der Waals surface area contributed by atoms with Gasteiger partial charge in [-0.1, -0.05) is 17.7 Å². The molecule has 156 valence electrons. The molecule has 0 radical (unpaired) electrons. The highest BCUT2D eigenvalue weighted by atomic mass is 16.6. The summed E-state index contributed by atoms with van der Waals surface area (Å²) in [5.74, 6) is 0. The molecule has 1 amide bonds. The number of carbonyl (C=O) groups is 1. The Morgan fingerprint density at radius 1 is 1.30 bits per heavy atom. The van der Waals surface area contributed by atoms with Crippen molar-refractivity contribution in [1.29, 1.82) is 0 Å². The highest BCUT2D eigenvalue weighted by Crippen LogP contribution is 2.32. The molecule has 3 heterocycles. The lowest BCUT2D eigenvalue weighted by molar-refractivity contribution is 0.0224. The van der Waals surface area contributed by atoms with Crippen molar-refractivity contribution in [2.75, 3.05) is 6.54 Å². The molecule has 2 aromatic heterocycles. The molecule has 30 heavy (non-hydrogen) atoms. The highest BCUT2D eigenvalue weighted by molar-refractivity contribution is 5.89. The van der Waals surface area contributed by atoms with Crippen molar-refractivity contribution in [3.05, 3.63) is 64.6 Å². The zero-order valence-corrected chi connectivity index (χ0v) is 17.7. The second kappa shape index (κ2) is 7.63. The van der Waals surface area contributed by atoms with E-state index < -0.39 is 12.5 Å². The maximum absolute atomic E-state index is 12.7. The van der Waals surface area contributed by atoms with Crippen molar-refractivity contribution in [3.8, 4) is 0 Å². The quantitative estimate of drug-likeness (QED) is 0.556. The molecule has 1 aliphatic heterocycles. The van der Waals surface area contributed by atoms with E-state index in [1.807, 2.05) is 45.9 Å². The van der Waals surface area contributed by atoms with Gasteiger partial charge in [-0.15, -0.1) is 0 Å². The number of carbonyl (C=O) groups excluding carboxylic acids is 1. The molecule has 0 saturated heterocycles. The number of nitrogens with zero attached hydrogens (tertiary/aromatic N) is 3. The number of fused-ring (bicyclic) bond motifs is 3. The maximum atomic E-state index is 12.7. The minimum Gasteiger partial charge on any atom is -0.444 e. The lowest BCUT2D eigenvalue weighted by atomic mass is 10.0. The first-order valence-corrected chi connectivity index (χ1v) is 10.0. The second-order valence-corrected chi connectivity index (χ2v) is 8.60. The first-order valence-electron chi connectivity index (χ1n) is 12.5. The number of hydrogen-bond acceptors (Lipinski definition) is 3. The lowest BCUT2D eigenvalue weighted by Gasteiger charge is -2.30. The standard InChI is InChI=1S/C25H29N3O2/c1-17-6-9-22-20(14-17)21-16-27(24(29)30-25(3,4)5)12-11-23(21)28(22)13-10-19-8-7-18(2)26-15-19/h6-10,13-15H,11-12,16H2,1-5H3/b13-10+/i2D3,10D,13D.